The van der Waals surface area contributed by atoms with Crippen molar-refractivity contribution in [2.24, 2.45) is 5.41 Å². The van der Waals surface area contributed by atoms with Crippen molar-refractivity contribution in [1.29, 1.82) is 0 Å². The average molecular weight is 310 g/mol. The highest BCUT2D eigenvalue weighted by Crippen LogP contribution is 2.43. The van der Waals surface area contributed by atoms with Gasteiger partial charge in [-0.3, -0.25) is 4.79 Å². The number of aromatic nitrogens is 1. The summed E-state index contributed by atoms with van der Waals surface area (Å²) in [6.45, 7) is 1.63. The van der Waals surface area contributed by atoms with Gasteiger partial charge in [0.05, 0.1) is 6.20 Å². The average Bonchev–Trinajstić information content (AvgIpc) is 3.10. The highest BCUT2D eigenvalue weighted by Gasteiger charge is 2.36. The Kier molecular flexibility index (Phi) is 4.57. The Hall–Kier alpha value is -0.980. The number of hydrogen-bond donors (Lipinski definition) is 2. The molecule has 1 aromatic heterocycles. The molecule has 2 N–H and O–H groups in total. The third-order valence-electron chi connectivity index (χ3n) is 4.63. The first kappa shape index (κ1) is 14.9. The lowest BCUT2D eigenvalue weighted by molar-refractivity contribution is 0.0734. The first-order chi connectivity index (χ1) is 10.2. The molecule has 1 aliphatic carbocycles. The maximum absolute atomic E-state index is 12.2. The quantitative estimate of drug-likeness (QED) is 0.845. The number of hydrogen-bond acceptors (Lipinski definition) is 5. The van der Waals surface area contributed by atoms with Crippen LogP contribution in [0.5, 0.6) is 0 Å². The summed E-state index contributed by atoms with van der Waals surface area (Å²) >= 11 is 1.43. The van der Waals surface area contributed by atoms with Gasteiger partial charge in [0, 0.05) is 19.8 Å². The topological polar surface area (TPSA) is 71.5 Å². The van der Waals surface area contributed by atoms with Gasteiger partial charge in [0.15, 0.2) is 0 Å². The number of ether oxygens (including phenoxy) is 1. The van der Waals surface area contributed by atoms with E-state index in [0.717, 1.165) is 43.7 Å². The van der Waals surface area contributed by atoms with E-state index in [0.29, 0.717) is 11.4 Å². The summed E-state index contributed by atoms with van der Waals surface area (Å²) in [6.07, 6.45) is 7.94. The van der Waals surface area contributed by atoms with Crippen molar-refractivity contribution in [2.45, 2.75) is 44.6 Å². The number of carbonyl (C=O) groups excluding carboxylic acids is 1. The van der Waals surface area contributed by atoms with Crippen LogP contribution in [0.4, 0.5) is 0 Å². The predicted molar refractivity (Wildman–Crippen MR) is 80.4 cm³/mol. The number of nitrogens with one attached hydrogen (secondary N) is 1. The molecule has 116 valence electrons. The molecule has 0 radical (unpaired) electrons. The SMILES string of the molecule is O=C(NCC1(CCO)CCC1)c1cnc(C2CCCO2)s1. The molecule has 21 heavy (non-hydrogen) atoms. The zero-order chi connectivity index (χ0) is 14.7. The second-order valence-corrected chi connectivity index (χ2v) is 7.14. The molecule has 1 aliphatic heterocycles. The zero-order valence-corrected chi connectivity index (χ0v) is 13.0. The molecule has 3 rings (SSSR count). The van der Waals surface area contributed by atoms with Gasteiger partial charge in [-0.25, -0.2) is 4.98 Å². The second-order valence-electron chi connectivity index (χ2n) is 6.07. The smallest absolute Gasteiger partial charge is 0.263 e. The Morgan fingerprint density at radius 2 is 2.38 bits per heavy atom. The molecule has 6 heteroatoms. The fourth-order valence-electron chi connectivity index (χ4n) is 3.10. The van der Waals surface area contributed by atoms with Crippen LogP contribution in [0, 0.1) is 5.41 Å². The molecule has 1 saturated carbocycles. The molecule has 1 aromatic rings. The van der Waals surface area contributed by atoms with Gasteiger partial charge in [-0.1, -0.05) is 6.42 Å². The minimum absolute atomic E-state index is 0.0547. The van der Waals surface area contributed by atoms with Gasteiger partial charge in [-0.2, -0.15) is 0 Å². The lowest BCUT2D eigenvalue weighted by atomic mass is 9.67. The minimum atomic E-state index is -0.0547. The molecule has 1 unspecified atom stereocenters. The van der Waals surface area contributed by atoms with Gasteiger partial charge in [-0.15, -0.1) is 11.3 Å². The molecule has 2 aliphatic rings. The fourth-order valence-corrected chi connectivity index (χ4v) is 4.02. The molecule has 1 amide bonds. The standard InChI is InChI=1S/C15H22N2O3S/c18-7-6-15(4-2-5-15)10-17-13(19)12-9-16-14(21-12)11-3-1-8-20-11/h9,11,18H,1-8,10H2,(H,17,19). The lowest BCUT2D eigenvalue weighted by Gasteiger charge is -2.41. The summed E-state index contributed by atoms with van der Waals surface area (Å²) in [7, 11) is 0. The van der Waals surface area contributed by atoms with Crippen molar-refractivity contribution in [1.82, 2.24) is 10.3 Å². The van der Waals surface area contributed by atoms with E-state index in [9.17, 15) is 4.79 Å². The van der Waals surface area contributed by atoms with Crippen LogP contribution in [0.3, 0.4) is 0 Å². The third kappa shape index (κ3) is 3.27. The van der Waals surface area contributed by atoms with Crippen LogP contribution < -0.4 is 5.32 Å². The molecule has 0 bridgehead atoms. The summed E-state index contributed by atoms with van der Waals surface area (Å²) in [5.74, 6) is -0.0547. The van der Waals surface area contributed by atoms with Gasteiger partial charge in [0.1, 0.15) is 16.0 Å². The minimum Gasteiger partial charge on any atom is -0.396 e. The Balaban J connectivity index is 1.55. The maximum atomic E-state index is 12.2. The van der Waals surface area contributed by atoms with Gasteiger partial charge in [-0.05, 0) is 37.5 Å². The van der Waals surface area contributed by atoms with Crippen LogP contribution in [0.1, 0.15) is 59.3 Å². The van der Waals surface area contributed by atoms with Gasteiger partial charge in [0.2, 0.25) is 0 Å². The van der Waals surface area contributed by atoms with E-state index in [-0.39, 0.29) is 24.0 Å². The molecule has 1 atom stereocenters. The summed E-state index contributed by atoms with van der Waals surface area (Å²) in [5, 5.41) is 13.1. The van der Waals surface area contributed by atoms with E-state index in [1.807, 2.05) is 0 Å². The molecular weight excluding hydrogens is 288 g/mol. The van der Waals surface area contributed by atoms with E-state index in [1.165, 1.54) is 17.8 Å². The van der Waals surface area contributed by atoms with Crippen LogP contribution in [-0.4, -0.2) is 35.8 Å². The highest BCUT2D eigenvalue weighted by molar-refractivity contribution is 7.13. The molecule has 0 spiro atoms. The van der Waals surface area contributed by atoms with Crippen LogP contribution in [-0.2, 0) is 4.74 Å². The largest absolute Gasteiger partial charge is 0.396 e. The molecule has 2 heterocycles. The van der Waals surface area contributed by atoms with Gasteiger partial charge < -0.3 is 15.2 Å². The van der Waals surface area contributed by atoms with Crippen molar-refractivity contribution >= 4 is 17.2 Å². The Morgan fingerprint density at radius 3 is 3.00 bits per heavy atom. The first-order valence-electron chi connectivity index (χ1n) is 7.69. The Labute approximate surface area is 128 Å². The summed E-state index contributed by atoms with van der Waals surface area (Å²) in [6, 6.07) is 0. The molecule has 2 fully saturated rings. The predicted octanol–water partition coefficient (Wildman–Crippen LogP) is 2.28. The monoisotopic (exact) mass is 310 g/mol. The normalized spacial score (nSPS) is 23.8. The summed E-state index contributed by atoms with van der Waals surface area (Å²) in [5.41, 5.74) is 0.118. The van der Waals surface area contributed by atoms with Crippen LogP contribution in [0.15, 0.2) is 6.20 Å². The van der Waals surface area contributed by atoms with Gasteiger partial charge >= 0.3 is 0 Å². The van der Waals surface area contributed by atoms with Crippen LogP contribution in [0.2, 0.25) is 0 Å². The van der Waals surface area contributed by atoms with E-state index in [2.05, 4.69) is 10.3 Å². The summed E-state index contributed by atoms with van der Waals surface area (Å²) in [4.78, 5) is 17.2. The van der Waals surface area contributed by atoms with Crippen molar-refractivity contribution < 1.29 is 14.6 Å². The number of amides is 1. The van der Waals surface area contributed by atoms with E-state index >= 15 is 0 Å². The summed E-state index contributed by atoms with van der Waals surface area (Å²) < 4.78 is 5.59. The van der Waals surface area contributed by atoms with Crippen molar-refractivity contribution in [3.8, 4) is 0 Å². The van der Waals surface area contributed by atoms with Crippen LogP contribution >= 0.6 is 11.3 Å². The van der Waals surface area contributed by atoms with Crippen molar-refractivity contribution in [3.05, 3.63) is 16.1 Å². The second kappa shape index (κ2) is 6.42. The van der Waals surface area contributed by atoms with E-state index in [4.69, 9.17) is 9.84 Å². The van der Waals surface area contributed by atoms with Crippen molar-refractivity contribution in [3.63, 3.8) is 0 Å². The van der Waals surface area contributed by atoms with Crippen LogP contribution in [0.25, 0.3) is 0 Å². The molecule has 5 nitrogen and oxygen atoms in total. The number of aliphatic hydroxyl groups excluding tert-OH is 1. The van der Waals surface area contributed by atoms with Gasteiger partial charge in [0.25, 0.3) is 5.91 Å². The molecule has 1 saturated heterocycles. The molecular formula is C15H22N2O3S. The lowest BCUT2D eigenvalue weighted by Crippen LogP contribution is -2.42. The number of rotatable bonds is 6. The zero-order valence-electron chi connectivity index (χ0n) is 12.1. The van der Waals surface area contributed by atoms with E-state index < -0.39 is 0 Å². The third-order valence-corrected chi connectivity index (χ3v) is 5.72. The number of aliphatic hydroxyl groups is 1. The first-order valence-corrected chi connectivity index (χ1v) is 8.50. The highest BCUT2D eigenvalue weighted by atomic mass is 32.1. The maximum Gasteiger partial charge on any atom is 0.263 e. The fraction of sp³-hybridized carbons (Fsp3) is 0.733. The Morgan fingerprint density at radius 1 is 1.52 bits per heavy atom. The number of carbonyl (C=O) groups is 1. The van der Waals surface area contributed by atoms with E-state index in [1.54, 1.807) is 6.20 Å². The number of nitrogens with zero attached hydrogens (tertiary/aromatic N) is 1. The number of thiazole rings is 1. The Bertz CT molecular complexity index is 493. The molecule has 0 aromatic carbocycles. The van der Waals surface area contributed by atoms with Crippen molar-refractivity contribution in [2.75, 3.05) is 19.8 Å².